The van der Waals surface area contributed by atoms with Gasteiger partial charge in [-0.05, 0) is 57.5 Å². The molecule has 2 rings (SSSR count). The van der Waals surface area contributed by atoms with Crippen LogP contribution in [0.15, 0.2) is 0 Å². The van der Waals surface area contributed by atoms with Gasteiger partial charge in [0.05, 0.1) is 5.25 Å². The lowest BCUT2D eigenvalue weighted by Crippen LogP contribution is -2.51. The molecular weight excluding hydrogens is 336 g/mol. The number of carbonyl (C=O) groups excluding carboxylic acids is 1. The molecule has 2 aliphatic rings. The van der Waals surface area contributed by atoms with Gasteiger partial charge in [-0.25, -0.2) is 8.42 Å². The van der Waals surface area contributed by atoms with Crippen LogP contribution in [0.25, 0.3) is 0 Å². The van der Waals surface area contributed by atoms with E-state index < -0.39 is 15.1 Å². The van der Waals surface area contributed by atoms with Crippen LogP contribution in [0.4, 0.5) is 0 Å². The summed E-state index contributed by atoms with van der Waals surface area (Å²) < 4.78 is 26.3. The summed E-state index contributed by atoms with van der Waals surface area (Å²) in [5.41, 5.74) is 0. The summed E-state index contributed by atoms with van der Waals surface area (Å²) >= 11 is 0. The molecule has 0 radical (unpaired) electrons. The minimum absolute atomic E-state index is 0.146. The first-order chi connectivity index (χ1) is 11.9. The van der Waals surface area contributed by atoms with E-state index in [2.05, 4.69) is 5.32 Å². The van der Waals surface area contributed by atoms with E-state index in [9.17, 15) is 13.2 Å². The standard InChI is InChI=1S/C19H36N2O3S/c1-15(2)18(25(23,24)17-7-5-4-6-8-17)19(22)21-13-10-16(11-14-21)9-12-20-3/h15-18,20H,4-14H2,1-3H3. The van der Waals surface area contributed by atoms with E-state index in [4.69, 9.17) is 0 Å². The van der Waals surface area contributed by atoms with E-state index in [0.717, 1.165) is 57.9 Å². The molecule has 1 N–H and O–H groups in total. The van der Waals surface area contributed by atoms with Crippen molar-refractivity contribution in [3.63, 3.8) is 0 Å². The lowest BCUT2D eigenvalue weighted by molar-refractivity contribution is -0.132. The van der Waals surface area contributed by atoms with E-state index in [-0.39, 0.29) is 17.1 Å². The minimum Gasteiger partial charge on any atom is -0.342 e. The molecule has 6 heteroatoms. The topological polar surface area (TPSA) is 66.5 Å². The maximum absolute atomic E-state index is 13.2. The van der Waals surface area contributed by atoms with Gasteiger partial charge in [-0.2, -0.15) is 0 Å². The van der Waals surface area contributed by atoms with E-state index >= 15 is 0 Å². The predicted molar refractivity (Wildman–Crippen MR) is 102 cm³/mol. The molecule has 2 fully saturated rings. The van der Waals surface area contributed by atoms with Gasteiger partial charge in [-0.1, -0.05) is 33.1 Å². The zero-order valence-electron chi connectivity index (χ0n) is 16.2. The van der Waals surface area contributed by atoms with Crippen molar-refractivity contribution >= 4 is 15.7 Å². The normalized spacial score (nSPS) is 22.3. The highest BCUT2D eigenvalue weighted by Crippen LogP contribution is 2.31. The first kappa shape index (κ1) is 20.7. The zero-order chi connectivity index (χ0) is 18.4. The number of amides is 1. The molecule has 1 atom stereocenters. The second kappa shape index (κ2) is 9.36. The number of hydrogen-bond donors (Lipinski definition) is 1. The molecule has 1 aliphatic heterocycles. The van der Waals surface area contributed by atoms with Crippen LogP contribution in [0.3, 0.4) is 0 Å². The number of nitrogens with zero attached hydrogens (tertiary/aromatic N) is 1. The smallest absolute Gasteiger partial charge is 0.241 e. The molecule has 1 saturated carbocycles. The average Bonchev–Trinajstić information content (AvgIpc) is 2.60. The van der Waals surface area contributed by atoms with Crippen LogP contribution < -0.4 is 5.32 Å². The van der Waals surface area contributed by atoms with Crippen molar-refractivity contribution in [3.05, 3.63) is 0 Å². The largest absolute Gasteiger partial charge is 0.342 e. The fraction of sp³-hybridized carbons (Fsp3) is 0.947. The third-order valence-electron chi connectivity index (χ3n) is 5.95. The third kappa shape index (κ3) is 5.19. The number of nitrogens with one attached hydrogen (secondary N) is 1. The zero-order valence-corrected chi connectivity index (χ0v) is 17.0. The molecule has 1 unspecified atom stereocenters. The van der Waals surface area contributed by atoms with Crippen LogP contribution >= 0.6 is 0 Å². The molecule has 5 nitrogen and oxygen atoms in total. The van der Waals surface area contributed by atoms with Crippen LogP contribution in [-0.4, -0.2) is 56.4 Å². The first-order valence-corrected chi connectivity index (χ1v) is 11.6. The summed E-state index contributed by atoms with van der Waals surface area (Å²) in [6.45, 7) is 6.17. The maximum atomic E-state index is 13.2. The Morgan fingerprint density at radius 1 is 1.08 bits per heavy atom. The highest BCUT2D eigenvalue weighted by atomic mass is 32.2. The Balaban J connectivity index is 2.03. The van der Waals surface area contributed by atoms with Crippen LogP contribution in [0.2, 0.25) is 0 Å². The number of carbonyl (C=O) groups is 1. The molecule has 25 heavy (non-hydrogen) atoms. The number of hydrogen-bond acceptors (Lipinski definition) is 4. The summed E-state index contributed by atoms with van der Waals surface area (Å²) in [5, 5.41) is 2.01. The molecule has 0 aromatic carbocycles. The molecule has 1 saturated heterocycles. The van der Waals surface area contributed by atoms with Crippen LogP contribution in [0.5, 0.6) is 0 Å². The molecule has 146 valence electrons. The summed E-state index contributed by atoms with van der Waals surface area (Å²) in [7, 11) is -1.44. The van der Waals surface area contributed by atoms with Gasteiger partial charge in [0.15, 0.2) is 9.84 Å². The molecule has 1 amide bonds. The lowest BCUT2D eigenvalue weighted by Gasteiger charge is -2.36. The number of rotatable bonds is 7. The van der Waals surface area contributed by atoms with Gasteiger partial charge in [0.1, 0.15) is 5.25 Å². The van der Waals surface area contributed by atoms with Crippen LogP contribution in [0.1, 0.15) is 65.2 Å². The Hall–Kier alpha value is -0.620. The summed E-state index contributed by atoms with van der Waals surface area (Å²) in [6.07, 6.45) is 7.62. The maximum Gasteiger partial charge on any atom is 0.241 e. The highest BCUT2D eigenvalue weighted by molar-refractivity contribution is 7.93. The van der Waals surface area contributed by atoms with E-state index in [0.29, 0.717) is 19.0 Å². The fourth-order valence-electron chi connectivity index (χ4n) is 4.38. The molecule has 1 heterocycles. The molecule has 0 aromatic rings. The molecule has 1 aliphatic carbocycles. The Kier molecular flexibility index (Phi) is 7.74. The van der Waals surface area contributed by atoms with Gasteiger partial charge in [-0.3, -0.25) is 4.79 Å². The van der Waals surface area contributed by atoms with Crippen molar-refractivity contribution in [2.24, 2.45) is 11.8 Å². The van der Waals surface area contributed by atoms with Gasteiger partial charge >= 0.3 is 0 Å². The average molecular weight is 373 g/mol. The number of sulfone groups is 1. The monoisotopic (exact) mass is 372 g/mol. The van der Waals surface area contributed by atoms with Gasteiger partial charge in [0, 0.05) is 13.1 Å². The first-order valence-electron chi connectivity index (χ1n) is 10.0. The van der Waals surface area contributed by atoms with Crippen molar-refractivity contribution < 1.29 is 13.2 Å². The van der Waals surface area contributed by atoms with Crippen LogP contribution in [0, 0.1) is 11.8 Å². The highest BCUT2D eigenvalue weighted by Gasteiger charge is 2.43. The molecule has 0 bridgehead atoms. The fourth-order valence-corrected chi connectivity index (χ4v) is 6.97. The Morgan fingerprint density at radius 2 is 1.68 bits per heavy atom. The molecule has 0 aromatic heterocycles. The molecule has 0 spiro atoms. The Morgan fingerprint density at radius 3 is 2.20 bits per heavy atom. The second-order valence-corrected chi connectivity index (χ2v) is 10.5. The van der Waals surface area contributed by atoms with Gasteiger partial charge in [0.25, 0.3) is 0 Å². The van der Waals surface area contributed by atoms with Gasteiger partial charge < -0.3 is 10.2 Å². The van der Waals surface area contributed by atoms with E-state index in [1.165, 1.54) is 0 Å². The van der Waals surface area contributed by atoms with Crippen molar-refractivity contribution in [1.29, 1.82) is 0 Å². The summed E-state index contributed by atoms with van der Waals surface area (Å²) in [5.74, 6) is 0.332. The third-order valence-corrected chi connectivity index (χ3v) is 8.80. The number of piperidine rings is 1. The Bertz CT molecular complexity index is 519. The minimum atomic E-state index is -3.40. The SMILES string of the molecule is CNCCC1CCN(C(=O)C(C(C)C)S(=O)(=O)C2CCCCC2)CC1. The van der Waals surface area contributed by atoms with Crippen molar-refractivity contribution in [3.8, 4) is 0 Å². The van der Waals surface area contributed by atoms with E-state index in [1.54, 1.807) is 0 Å². The van der Waals surface area contributed by atoms with Crippen molar-refractivity contribution in [2.75, 3.05) is 26.7 Å². The van der Waals surface area contributed by atoms with Crippen LogP contribution in [-0.2, 0) is 14.6 Å². The predicted octanol–water partition coefficient (Wildman–Crippen LogP) is 2.61. The van der Waals surface area contributed by atoms with Gasteiger partial charge in [-0.15, -0.1) is 0 Å². The lowest BCUT2D eigenvalue weighted by atomic mass is 9.93. The summed E-state index contributed by atoms with van der Waals surface area (Å²) in [4.78, 5) is 14.9. The van der Waals surface area contributed by atoms with Crippen molar-refractivity contribution in [2.45, 2.75) is 75.7 Å². The summed E-state index contributed by atoms with van der Waals surface area (Å²) in [6, 6.07) is 0. The molecular formula is C19H36N2O3S. The van der Waals surface area contributed by atoms with E-state index in [1.807, 2.05) is 25.8 Å². The number of likely N-dealkylation sites (tertiary alicyclic amines) is 1. The van der Waals surface area contributed by atoms with Gasteiger partial charge in [0.2, 0.25) is 5.91 Å². The Labute approximate surface area is 153 Å². The quantitative estimate of drug-likeness (QED) is 0.746. The second-order valence-electron chi connectivity index (χ2n) is 8.17. The van der Waals surface area contributed by atoms with Crippen molar-refractivity contribution in [1.82, 2.24) is 10.2 Å².